The van der Waals surface area contributed by atoms with Crippen LogP contribution in [0.4, 0.5) is 0 Å². The van der Waals surface area contributed by atoms with Gasteiger partial charge in [-0.2, -0.15) is 0 Å². The molecule has 1 atom stereocenters. The maximum absolute atomic E-state index is 11.3. The summed E-state index contributed by atoms with van der Waals surface area (Å²) in [6, 6.07) is 0. The largest absolute Gasteiger partial charge is 0.381 e. The average Bonchev–Trinajstić information content (AvgIpc) is 2.13. The highest BCUT2D eigenvalue weighted by Gasteiger charge is 2.08. The van der Waals surface area contributed by atoms with Crippen LogP contribution in [0, 0.1) is 0 Å². The molecule has 0 spiro atoms. The third-order valence-corrected chi connectivity index (χ3v) is 3.61. The van der Waals surface area contributed by atoms with Crippen LogP contribution in [0.1, 0.15) is 26.7 Å². The summed E-state index contributed by atoms with van der Waals surface area (Å²) in [6.07, 6.45) is 1.81. The van der Waals surface area contributed by atoms with E-state index < -0.39 is 10.0 Å². The Bertz CT molecular complexity index is 242. The first-order valence-electron chi connectivity index (χ1n) is 5.17. The molecule has 0 amide bonds. The summed E-state index contributed by atoms with van der Waals surface area (Å²) in [4.78, 5) is 0.436. The predicted molar refractivity (Wildman–Crippen MR) is 65.9 cm³/mol. The van der Waals surface area contributed by atoms with Crippen molar-refractivity contribution in [3.8, 4) is 0 Å². The molecule has 6 heteroatoms. The summed E-state index contributed by atoms with van der Waals surface area (Å²) in [5.74, 6) is 0.0463. The van der Waals surface area contributed by atoms with Gasteiger partial charge in [-0.3, -0.25) is 0 Å². The highest BCUT2D eigenvalue weighted by atomic mass is 79.9. The third kappa shape index (κ3) is 10.6. The van der Waals surface area contributed by atoms with Gasteiger partial charge in [-0.05, 0) is 19.8 Å². The Balaban J connectivity index is 3.56. The quantitative estimate of drug-likeness (QED) is 0.519. The zero-order valence-corrected chi connectivity index (χ0v) is 11.7. The fraction of sp³-hybridized carbons (Fsp3) is 1.00. The van der Waals surface area contributed by atoms with Crippen molar-refractivity contribution in [1.29, 1.82) is 0 Å². The minimum atomic E-state index is -3.14. The molecular formula is C9H20BrNO3S. The second kappa shape index (κ2) is 8.50. The number of hydrogen-bond acceptors (Lipinski definition) is 3. The minimum Gasteiger partial charge on any atom is -0.381 e. The van der Waals surface area contributed by atoms with Crippen molar-refractivity contribution >= 4 is 26.0 Å². The van der Waals surface area contributed by atoms with Crippen LogP contribution in [0.3, 0.4) is 0 Å². The number of nitrogens with one attached hydrogen (secondary N) is 1. The molecule has 0 aromatic heterocycles. The van der Waals surface area contributed by atoms with Gasteiger partial charge in [-0.1, -0.05) is 22.9 Å². The van der Waals surface area contributed by atoms with Crippen molar-refractivity contribution in [2.45, 2.75) is 31.5 Å². The number of rotatable bonds is 9. The SMILES string of the molecule is CCOCCS(=O)(=O)NCCCC(C)Br. The van der Waals surface area contributed by atoms with E-state index in [1.165, 1.54) is 0 Å². The molecule has 4 nitrogen and oxygen atoms in total. The van der Waals surface area contributed by atoms with Gasteiger partial charge in [0, 0.05) is 18.0 Å². The Morgan fingerprint density at radius 1 is 1.47 bits per heavy atom. The van der Waals surface area contributed by atoms with Gasteiger partial charge in [0.1, 0.15) is 0 Å². The van der Waals surface area contributed by atoms with Crippen LogP contribution in [0.25, 0.3) is 0 Å². The van der Waals surface area contributed by atoms with Gasteiger partial charge in [-0.15, -0.1) is 0 Å². The molecule has 0 rings (SSSR count). The summed E-state index contributed by atoms with van der Waals surface area (Å²) >= 11 is 3.41. The second-order valence-corrected chi connectivity index (χ2v) is 6.82. The van der Waals surface area contributed by atoms with Crippen molar-refractivity contribution < 1.29 is 13.2 Å². The lowest BCUT2D eigenvalue weighted by Crippen LogP contribution is -2.29. The van der Waals surface area contributed by atoms with Crippen molar-refractivity contribution in [1.82, 2.24) is 4.72 Å². The van der Waals surface area contributed by atoms with Crippen LogP contribution in [0.15, 0.2) is 0 Å². The van der Waals surface area contributed by atoms with E-state index in [-0.39, 0.29) is 12.4 Å². The molecule has 0 fully saturated rings. The lowest BCUT2D eigenvalue weighted by atomic mass is 10.2. The molecule has 0 heterocycles. The summed E-state index contributed by atoms with van der Waals surface area (Å²) < 4.78 is 30.2. The predicted octanol–water partition coefficient (Wildman–Crippen LogP) is 1.51. The van der Waals surface area contributed by atoms with Crippen LogP contribution in [-0.4, -0.2) is 38.8 Å². The molecule has 92 valence electrons. The van der Waals surface area contributed by atoms with Crippen molar-refractivity contribution in [3.05, 3.63) is 0 Å². The van der Waals surface area contributed by atoms with Crippen LogP contribution >= 0.6 is 15.9 Å². The summed E-state index contributed by atoms with van der Waals surface area (Å²) in [5, 5.41) is 0. The molecule has 0 saturated carbocycles. The topological polar surface area (TPSA) is 55.4 Å². The molecule has 0 bridgehead atoms. The Kier molecular flexibility index (Phi) is 8.69. The van der Waals surface area contributed by atoms with Crippen molar-refractivity contribution in [2.75, 3.05) is 25.5 Å². The molecule has 0 aromatic carbocycles. The second-order valence-electron chi connectivity index (χ2n) is 3.33. The Morgan fingerprint density at radius 3 is 2.67 bits per heavy atom. The van der Waals surface area contributed by atoms with Crippen LogP contribution in [0.2, 0.25) is 0 Å². The molecule has 1 N–H and O–H groups in total. The molecule has 0 aliphatic heterocycles. The van der Waals surface area contributed by atoms with Gasteiger partial charge in [0.15, 0.2) is 0 Å². The normalized spacial score (nSPS) is 14.1. The highest BCUT2D eigenvalue weighted by Crippen LogP contribution is 2.05. The van der Waals surface area contributed by atoms with Crippen molar-refractivity contribution in [3.63, 3.8) is 0 Å². The molecule has 0 saturated heterocycles. The molecule has 0 aromatic rings. The summed E-state index contributed by atoms with van der Waals surface area (Å²) in [5.41, 5.74) is 0. The van der Waals surface area contributed by atoms with Crippen molar-refractivity contribution in [2.24, 2.45) is 0 Å². The molecule has 15 heavy (non-hydrogen) atoms. The van der Waals surface area contributed by atoms with Gasteiger partial charge in [0.25, 0.3) is 0 Å². The van der Waals surface area contributed by atoms with E-state index in [0.29, 0.717) is 18.0 Å². The zero-order chi connectivity index (χ0) is 11.7. The summed E-state index contributed by atoms with van der Waals surface area (Å²) in [7, 11) is -3.14. The van der Waals surface area contributed by atoms with E-state index in [4.69, 9.17) is 4.74 Å². The van der Waals surface area contributed by atoms with E-state index in [0.717, 1.165) is 12.8 Å². The van der Waals surface area contributed by atoms with E-state index >= 15 is 0 Å². The van der Waals surface area contributed by atoms with E-state index in [1.807, 2.05) is 13.8 Å². The first-order chi connectivity index (χ1) is 6.98. The van der Waals surface area contributed by atoms with Gasteiger partial charge in [0.05, 0.1) is 12.4 Å². The zero-order valence-electron chi connectivity index (χ0n) is 9.33. The number of halogens is 1. The lowest BCUT2D eigenvalue weighted by Gasteiger charge is -2.07. The first-order valence-corrected chi connectivity index (χ1v) is 7.74. The van der Waals surface area contributed by atoms with Crippen LogP contribution in [-0.2, 0) is 14.8 Å². The molecule has 0 radical (unpaired) electrons. The van der Waals surface area contributed by atoms with Gasteiger partial charge >= 0.3 is 0 Å². The van der Waals surface area contributed by atoms with Crippen LogP contribution in [0.5, 0.6) is 0 Å². The molecular weight excluding hydrogens is 282 g/mol. The minimum absolute atomic E-state index is 0.0463. The molecule has 0 aliphatic carbocycles. The third-order valence-electron chi connectivity index (χ3n) is 1.80. The van der Waals surface area contributed by atoms with Gasteiger partial charge in [0.2, 0.25) is 10.0 Å². The fourth-order valence-corrected chi connectivity index (χ4v) is 2.26. The van der Waals surface area contributed by atoms with Gasteiger partial charge in [-0.25, -0.2) is 13.1 Å². The Labute approximate surface area is 101 Å². The average molecular weight is 302 g/mol. The molecule has 1 unspecified atom stereocenters. The van der Waals surface area contributed by atoms with Gasteiger partial charge < -0.3 is 4.74 Å². The first kappa shape index (κ1) is 15.3. The number of hydrogen-bond donors (Lipinski definition) is 1. The fourth-order valence-electron chi connectivity index (χ4n) is 0.996. The Hall–Kier alpha value is 0.350. The maximum atomic E-state index is 11.3. The number of alkyl halides is 1. The lowest BCUT2D eigenvalue weighted by molar-refractivity contribution is 0.163. The number of sulfonamides is 1. The molecule has 0 aliphatic rings. The standard InChI is InChI=1S/C9H20BrNO3S/c1-3-14-7-8-15(12,13)11-6-4-5-9(2)10/h9,11H,3-8H2,1-2H3. The smallest absolute Gasteiger partial charge is 0.213 e. The monoisotopic (exact) mass is 301 g/mol. The number of ether oxygens (including phenoxy) is 1. The summed E-state index contributed by atoms with van der Waals surface area (Å²) in [6.45, 7) is 5.21. The van der Waals surface area contributed by atoms with Crippen LogP contribution < -0.4 is 4.72 Å². The van der Waals surface area contributed by atoms with E-state index in [2.05, 4.69) is 20.7 Å². The highest BCUT2D eigenvalue weighted by molar-refractivity contribution is 9.09. The maximum Gasteiger partial charge on any atom is 0.213 e. The van der Waals surface area contributed by atoms with E-state index in [1.54, 1.807) is 0 Å². The van der Waals surface area contributed by atoms with E-state index in [9.17, 15) is 8.42 Å². The Morgan fingerprint density at radius 2 is 2.13 bits per heavy atom.